The molecule has 2 rings (SSSR count). The summed E-state index contributed by atoms with van der Waals surface area (Å²) in [5, 5.41) is 12.3. The largest absolute Gasteiger partial charge is 0.382 e. The van der Waals surface area contributed by atoms with Gasteiger partial charge in [-0.1, -0.05) is 26.7 Å². The lowest BCUT2D eigenvalue weighted by molar-refractivity contribution is 0.264. The average molecular weight is 260 g/mol. The Kier molecular flexibility index (Phi) is 4.42. The molecule has 0 aromatic heterocycles. The Bertz CT molecular complexity index is 476. The number of benzene rings is 1. The van der Waals surface area contributed by atoms with Crippen molar-refractivity contribution in [2.75, 3.05) is 5.32 Å². The minimum Gasteiger partial charge on any atom is -0.382 e. The van der Waals surface area contributed by atoms with E-state index in [1.807, 2.05) is 6.07 Å². The van der Waals surface area contributed by atoms with Gasteiger partial charge >= 0.3 is 0 Å². The lowest BCUT2D eigenvalue weighted by Crippen LogP contribution is -2.29. The third-order valence-electron chi connectivity index (χ3n) is 4.12. The predicted octanol–water partition coefficient (Wildman–Crippen LogP) is 4.32. The fourth-order valence-electron chi connectivity index (χ4n) is 2.90. The molecule has 1 aromatic carbocycles. The summed E-state index contributed by atoms with van der Waals surface area (Å²) in [6, 6.07) is 7.02. The molecule has 2 unspecified atom stereocenters. The molecule has 1 aromatic rings. The van der Waals surface area contributed by atoms with Crippen molar-refractivity contribution < 1.29 is 4.39 Å². The Hall–Kier alpha value is -1.56. The molecule has 0 amide bonds. The molecule has 3 heteroatoms. The monoisotopic (exact) mass is 260 g/mol. The van der Waals surface area contributed by atoms with Crippen molar-refractivity contribution in [1.29, 1.82) is 5.26 Å². The van der Waals surface area contributed by atoms with E-state index in [4.69, 9.17) is 5.26 Å². The van der Waals surface area contributed by atoms with Crippen LogP contribution in [-0.2, 0) is 0 Å². The molecule has 1 aliphatic rings. The molecule has 1 saturated carbocycles. The Morgan fingerprint density at radius 3 is 2.84 bits per heavy atom. The fraction of sp³-hybridized carbons (Fsp3) is 0.562. The van der Waals surface area contributed by atoms with Crippen molar-refractivity contribution in [2.45, 2.75) is 45.6 Å². The lowest BCUT2D eigenvalue weighted by Gasteiger charge is -2.32. The van der Waals surface area contributed by atoms with Crippen LogP contribution in [0.3, 0.4) is 0 Å². The van der Waals surface area contributed by atoms with E-state index in [0.717, 1.165) is 24.4 Å². The van der Waals surface area contributed by atoms with Crippen LogP contribution in [0.15, 0.2) is 18.2 Å². The van der Waals surface area contributed by atoms with Crippen LogP contribution in [-0.4, -0.2) is 6.04 Å². The highest BCUT2D eigenvalue weighted by molar-refractivity contribution is 5.50. The van der Waals surface area contributed by atoms with Gasteiger partial charge in [0.1, 0.15) is 11.9 Å². The third kappa shape index (κ3) is 3.47. The van der Waals surface area contributed by atoms with Gasteiger partial charge in [-0.3, -0.25) is 0 Å². The number of rotatable bonds is 3. The summed E-state index contributed by atoms with van der Waals surface area (Å²) in [6.07, 6.45) is 4.87. The molecule has 0 radical (unpaired) electrons. The summed E-state index contributed by atoms with van der Waals surface area (Å²) < 4.78 is 13.3. The van der Waals surface area contributed by atoms with E-state index < -0.39 is 5.82 Å². The maximum absolute atomic E-state index is 13.3. The Labute approximate surface area is 114 Å². The van der Waals surface area contributed by atoms with Crippen LogP contribution in [0.25, 0.3) is 0 Å². The van der Waals surface area contributed by atoms with Crippen LogP contribution >= 0.6 is 0 Å². The summed E-state index contributed by atoms with van der Waals surface area (Å²) in [6.45, 7) is 4.55. The molecule has 0 heterocycles. The van der Waals surface area contributed by atoms with Gasteiger partial charge in [0, 0.05) is 11.7 Å². The van der Waals surface area contributed by atoms with Crippen molar-refractivity contribution in [2.24, 2.45) is 11.8 Å². The molecule has 19 heavy (non-hydrogen) atoms. The van der Waals surface area contributed by atoms with E-state index in [1.54, 1.807) is 12.1 Å². The molecule has 0 spiro atoms. The highest BCUT2D eigenvalue weighted by atomic mass is 19.1. The maximum atomic E-state index is 13.3. The molecule has 1 aliphatic carbocycles. The molecule has 0 bridgehead atoms. The second kappa shape index (κ2) is 6.06. The van der Waals surface area contributed by atoms with Crippen molar-refractivity contribution in [3.63, 3.8) is 0 Å². The maximum Gasteiger partial charge on any atom is 0.141 e. The van der Waals surface area contributed by atoms with Gasteiger partial charge in [-0.25, -0.2) is 4.39 Å². The summed E-state index contributed by atoms with van der Waals surface area (Å²) in [5.74, 6) is 1.03. The zero-order valence-corrected chi connectivity index (χ0v) is 11.6. The van der Waals surface area contributed by atoms with E-state index in [2.05, 4.69) is 19.2 Å². The molecule has 1 N–H and O–H groups in total. The topological polar surface area (TPSA) is 35.8 Å². The average Bonchev–Trinajstić information content (AvgIpc) is 2.41. The van der Waals surface area contributed by atoms with Crippen molar-refractivity contribution in [1.82, 2.24) is 0 Å². The van der Waals surface area contributed by atoms with Crippen LogP contribution in [0.1, 0.15) is 45.1 Å². The molecule has 0 aliphatic heterocycles. The van der Waals surface area contributed by atoms with Crippen LogP contribution in [0.4, 0.5) is 10.1 Å². The van der Waals surface area contributed by atoms with E-state index >= 15 is 0 Å². The molecular weight excluding hydrogens is 239 g/mol. The minimum absolute atomic E-state index is 0.112. The lowest BCUT2D eigenvalue weighted by atomic mass is 9.79. The number of nitrogens with zero attached hydrogens (tertiary/aromatic N) is 1. The first kappa shape index (κ1) is 13.9. The minimum atomic E-state index is -0.447. The van der Waals surface area contributed by atoms with Crippen LogP contribution in [0, 0.1) is 29.0 Å². The Morgan fingerprint density at radius 2 is 2.16 bits per heavy atom. The number of halogens is 1. The number of hydrogen-bond donors (Lipinski definition) is 1. The second-order valence-corrected chi connectivity index (χ2v) is 5.82. The Balaban J connectivity index is 2.03. The van der Waals surface area contributed by atoms with Crippen molar-refractivity contribution in [3.05, 3.63) is 29.6 Å². The predicted molar refractivity (Wildman–Crippen MR) is 75.3 cm³/mol. The molecule has 2 atom stereocenters. The number of nitriles is 1. The van der Waals surface area contributed by atoms with Crippen molar-refractivity contribution >= 4 is 5.69 Å². The number of hydrogen-bond acceptors (Lipinski definition) is 2. The van der Waals surface area contributed by atoms with Gasteiger partial charge in [-0.2, -0.15) is 5.26 Å². The number of anilines is 1. The van der Waals surface area contributed by atoms with E-state index in [9.17, 15) is 4.39 Å². The van der Waals surface area contributed by atoms with Gasteiger partial charge in [-0.05, 0) is 42.9 Å². The summed E-state index contributed by atoms with van der Waals surface area (Å²) in [5.41, 5.74) is 0.966. The first-order valence-corrected chi connectivity index (χ1v) is 7.06. The van der Waals surface area contributed by atoms with E-state index in [1.165, 1.54) is 18.9 Å². The fourth-order valence-corrected chi connectivity index (χ4v) is 2.90. The van der Waals surface area contributed by atoms with Gasteiger partial charge in [0.15, 0.2) is 0 Å². The smallest absolute Gasteiger partial charge is 0.141 e. The van der Waals surface area contributed by atoms with Crippen LogP contribution < -0.4 is 5.32 Å². The second-order valence-electron chi connectivity index (χ2n) is 5.82. The summed E-state index contributed by atoms with van der Waals surface area (Å²) in [4.78, 5) is 0. The first-order chi connectivity index (χ1) is 9.10. The third-order valence-corrected chi connectivity index (χ3v) is 4.12. The standard InChI is InChI=1S/C16H21FN2/c1-11(2)12-4-3-5-14(8-12)19-15-6-7-16(17)13(9-15)10-18/h6-7,9,11-12,14,19H,3-5,8H2,1-2H3. The first-order valence-electron chi connectivity index (χ1n) is 7.06. The zero-order chi connectivity index (χ0) is 13.8. The van der Waals surface area contributed by atoms with Gasteiger partial charge in [0.25, 0.3) is 0 Å². The molecule has 102 valence electrons. The Morgan fingerprint density at radius 1 is 1.37 bits per heavy atom. The van der Waals surface area contributed by atoms with Gasteiger partial charge in [0.05, 0.1) is 5.56 Å². The molecule has 0 saturated heterocycles. The highest BCUT2D eigenvalue weighted by Crippen LogP contribution is 2.31. The quantitative estimate of drug-likeness (QED) is 0.878. The SMILES string of the molecule is CC(C)C1CCCC(Nc2ccc(F)c(C#N)c2)C1. The van der Waals surface area contributed by atoms with Gasteiger partial charge in [0.2, 0.25) is 0 Å². The van der Waals surface area contributed by atoms with E-state index in [-0.39, 0.29) is 5.56 Å². The molecule has 2 nitrogen and oxygen atoms in total. The van der Waals surface area contributed by atoms with Crippen molar-refractivity contribution in [3.8, 4) is 6.07 Å². The number of nitrogens with one attached hydrogen (secondary N) is 1. The molecule has 1 fully saturated rings. The summed E-state index contributed by atoms with van der Waals surface area (Å²) in [7, 11) is 0. The highest BCUT2D eigenvalue weighted by Gasteiger charge is 2.24. The van der Waals surface area contributed by atoms with Crippen LogP contribution in [0.2, 0.25) is 0 Å². The van der Waals surface area contributed by atoms with Gasteiger partial charge in [-0.15, -0.1) is 0 Å². The molecular formula is C16H21FN2. The van der Waals surface area contributed by atoms with Crippen LogP contribution in [0.5, 0.6) is 0 Å². The van der Waals surface area contributed by atoms with Gasteiger partial charge < -0.3 is 5.32 Å². The summed E-state index contributed by atoms with van der Waals surface area (Å²) >= 11 is 0. The zero-order valence-electron chi connectivity index (χ0n) is 11.6. The normalized spacial score (nSPS) is 23.1. The van der Waals surface area contributed by atoms with E-state index in [0.29, 0.717) is 12.0 Å².